The van der Waals surface area contributed by atoms with Crippen LogP contribution in [0.3, 0.4) is 0 Å². The van der Waals surface area contributed by atoms with Gasteiger partial charge in [-0.1, -0.05) is 13.5 Å². The van der Waals surface area contributed by atoms with Crippen LogP contribution in [0.25, 0.3) is 0 Å². The molecule has 9 nitrogen and oxygen atoms in total. The monoisotopic (exact) mass is 401 g/mol. The Morgan fingerprint density at radius 2 is 2.19 bits per heavy atom. The molecule has 2 unspecified atom stereocenters. The summed E-state index contributed by atoms with van der Waals surface area (Å²) in [7, 11) is -4.78. The van der Waals surface area contributed by atoms with Gasteiger partial charge in [0.15, 0.2) is 0 Å². The van der Waals surface area contributed by atoms with Crippen molar-refractivity contribution in [2.75, 3.05) is 20.2 Å². The number of rotatable bonds is 8. The molecule has 1 aromatic rings. The van der Waals surface area contributed by atoms with Crippen LogP contribution in [-0.4, -0.2) is 56.0 Å². The summed E-state index contributed by atoms with van der Waals surface area (Å²) in [6.07, 6.45) is -0.103. The van der Waals surface area contributed by atoms with Gasteiger partial charge in [0.05, 0.1) is 23.0 Å². The molecule has 0 radical (unpaired) electrons. The minimum Gasteiger partial charge on any atom is -0.458 e. The van der Waals surface area contributed by atoms with Crippen LogP contribution in [0.1, 0.15) is 23.9 Å². The lowest BCUT2D eigenvalue weighted by Gasteiger charge is -2.28. The first kappa shape index (κ1) is 16.8. The van der Waals surface area contributed by atoms with Crippen LogP contribution in [-0.2, 0) is 24.3 Å². The maximum Gasteiger partial charge on any atom is 0.329 e. The summed E-state index contributed by atoms with van der Waals surface area (Å²) in [5.41, 5.74) is -0.343. The van der Waals surface area contributed by atoms with Gasteiger partial charge < -0.3 is 9.47 Å². The highest BCUT2D eigenvalue weighted by Crippen LogP contribution is 2.24. The number of hydrogen-bond acceptors (Lipinski definition) is 7. The first-order valence-electron chi connectivity index (χ1n) is 9.64. The summed E-state index contributed by atoms with van der Waals surface area (Å²) < 4.78 is 60.2. The SMILES string of the molecule is [2H]C([2H])([2H])N(C(C(=C)CC)C(=O)OC1CCOC1)S(=O)(=O)c1ccc([N+](=O)[O-])cc1. The van der Waals surface area contributed by atoms with Crippen molar-refractivity contribution >= 4 is 21.7 Å². The number of carbonyl (C=O) groups is 1. The van der Waals surface area contributed by atoms with Gasteiger partial charge in [-0.25, -0.2) is 13.2 Å². The molecule has 0 bridgehead atoms. The molecule has 0 spiro atoms. The summed E-state index contributed by atoms with van der Waals surface area (Å²) >= 11 is 0. The minimum absolute atomic E-state index is 0.0283. The third-order valence-corrected chi connectivity index (χ3v) is 5.67. The maximum atomic E-state index is 13.2. The van der Waals surface area contributed by atoms with E-state index in [9.17, 15) is 23.3 Å². The molecule has 1 heterocycles. The fourth-order valence-electron chi connectivity index (χ4n) is 2.45. The third-order valence-electron chi connectivity index (χ3n) is 4.07. The van der Waals surface area contributed by atoms with Crippen molar-refractivity contribution in [3.05, 3.63) is 46.5 Å². The number of nitrogens with zero attached hydrogens (tertiary/aromatic N) is 2. The van der Waals surface area contributed by atoms with E-state index in [1.807, 2.05) is 0 Å². The number of carbonyl (C=O) groups excluding carboxylic acids is 1. The second-order valence-corrected chi connectivity index (χ2v) is 7.70. The van der Waals surface area contributed by atoms with Crippen LogP contribution in [0.15, 0.2) is 41.3 Å². The van der Waals surface area contributed by atoms with E-state index >= 15 is 0 Å². The summed E-state index contributed by atoms with van der Waals surface area (Å²) in [5.74, 6) is -1.07. The standard InChI is InChI=1S/C17H22N2O7S/c1-4-12(2)16(17(20)26-14-9-10-25-11-14)18(3)27(23,24)15-7-5-13(6-8-15)19(21)22/h5-8,14,16H,2,4,9-11H2,1,3H3/i3D3. The van der Waals surface area contributed by atoms with Crippen molar-refractivity contribution < 1.29 is 31.7 Å². The zero-order valence-corrected chi connectivity index (χ0v) is 15.5. The lowest BCUT2D eigenvalue weighted by atomic mass is 10.1. The number of likely N-dealkylation sites (N-methyl/N-ethyl adjacent to an activating group) is 1. The second kappa shape index (κ2) is 8.59. The predicted octanol–water partition coefficient (Wildman–Crippen LogP) is 1.88. The lowest BCUT2D eigenvalue weighted by Crippen LogP contribution is -2.45. The number of sulfonamides is 1. The van der Waals surface area contributed by atoms with Gasteiger partial charge in [-0.3, -0.25) is 10.1 Å². The van der Waals surface area contributed by atoms with Crippen molar-refractivity contribution in [2.24, 2.45) is 0 Å². The highest BCUT2D eigenvalue weighted by atomic mass is 32.2. The molecule has 0 N–H and O–H groups in total. The minimum atomic E-state index is -4.78. The molecule has 1 aromatic carbocycles. The highest BCUT2D eigenvalue weighted by Gasteiger charge is 2.37. The number of ether oxygens (including phenoxy) is 2. The fourth-order valence-corrected chi connectivity index (χ4v) is 3.67. The highest BCUT2D eigenvalue weighted by molar-refractivity contribution is 7.89. The van der Waals surface area contributed by atoms with Gasteiger partial charge in [-0.05, 0) is 24.1 Å². The van der Waals surface area contributed by atoms with E-state index < -0.39 is 44.9 Å². The van der Waals surface area contributed by atoms with Crippen molar-refractivity contribution in [3.63, 3.8) is 0 Å². The van der Waals surface area contributed by atoms with Gasteiger partial charge in [-0.2, -0.15) is 4.31 Å². The molecule has 10 heteroatoms. The normalized spacial score (nSPS) is 20.4. The Morgan fingerprint density at radius 3 is 2.67 bits per heavy atom. The molecule has 148 valence electrons. The summed E-state index contributed by atoms with van der Waals surface area (Å²) in [6, 6.07) is 1.89. The van der Waals surface area contributed by atoms with Gasteiger partial charge in [0.2, 0.25) is 10.0 Å². The van der Waals surface area contributed by atoms with E-state index in [0.717, 1.165) is 24.3 Å². The summed E-state index contributed by atoms with van der Waals surface area (Å²) in [5, 5.41) is 10.8. The molecule has 0 saturated carbocycles. The molecule has 2 atom stereocenters. The quantitative estimate of drug-likeness (QED) is 0.283. The van der Waals surface area contributed by atoms with Crippen molar-refractivity contribution in [1.82, 2.24) is 4.31 Å². The number of non-ortho nitro benzene ring substituents is 1. The van der Waals surface area contributed by atoms with E-state index in [0.29, 0.717) is 13.0 Å². The van der Waals surface area contributed by atoms with Crippen LogP contribution in [0.4, 0.5) is 5.69 Å². The Balaban J connectivity index is 2.51. The van der Waals surface area contributed by atoms with Crippen molar-refractivity contribution in [3.8, 4) is 0 Å². The second-order valence-electron chi connectivity index (χ2n) is 5.89. The molecule has 0 amide bonds. The Kier molecular flexibility index (Phi) is 5.36. The average Bonchev–Trinajstić information content (AvgIpc) is 3.17. The first-order valence-corrected chi connectivity index (χ1v) is 9.58. The Labute approximate surface area is 162 Å². The fraction of sp³-hybridized carbons (Fsp3) is 0.471. The smallest absolute Gasteiger partial charge is 0.329 e. The van der Waals surface area contributed by atoms with Crippen molar-refractivity contribution in [1.29, 1.82) is 0 Å². The van der Waals surface area contributed by atoms with Crippen LogP contribution >= 0.6 is 0 Å². The van der Waals surface area contributed by atoms with E-state index in [1.165, 1.54) is 0 Å². The average molecular weight is 401 g/mol. The molecule has 1 aliphatic rings. The van der Waals surface area contributed by atoms with E-state index in [-0.39, 0.29) is 28.6 Å². The largest absolute Gasteiger partial charge is 0.458 e. The van der Waals surface area contributed by atoms with Crippen LogP contribution in [0.5, 0.6) is 0 Å². The molecule has 0 aromatic heterocycles. The van der Waals surface area contributed by atoms with Gasteiger partial charge >= 0.3 is 5.97 Å². The Hall–Kier alpha value is -2.30. The number of hydrogen-bond donors (Lipinski definition) is 0. The number of benzene rings is 1. The molecule has 2 rings (SSSR count). The van der Waals surface area contributed by atoms with Gasteiger partial charge in [0, 0.05) is 29.6 Å². The van der Waals surface area contributed by atoms with Crippen LogP contribution in [0, 0.1) is 10.1 Å². The number of esters is 1. The van der Waals surface area contributed by atoms with E-state index in [1.54, 1.807) is 6.92 Å². The maximum absolute atomic E-state index is 13.2. The summed E-state index contributed by atoms with van der Waals surface area (Å²) in [4.78, 5) is 22.4. The molecule has 27 heavy (non-hydrogen) atoms. The zero-order chi connectivity index (χ0) is 22.7. The van der Waals surface area contributed by atoms with Gasteiger partial charge in [-0.15, -0.1) is 0 Å². The molecule has 1 saturated heterocycles. The molecular weight excluding hydrogens is 376 g/mol. The molecule has 1 fully saturated rings. The van der Waals surface area contributed by atoms with Crippen LogP contribution in [0.2, 0.25) is 0 Å². The topological polar surface area (TPSA) is 116 Å². The lowest BCUT2D eigenvalue weighted by molar-refractivity contribution is -0.384. The van der Waals surface area contributed by atoms with E-state index in [2.05, 4.69) is 6.58 Å². The van der Waals surface area contributed by atoms with Gasteiger partial charge in [0.1, 0.15) is 12.1 Å². The Morgan fingerprint density at radius 1 is 1.52 bits per heavy atom. The molecule has 0 aliphatic carbocycles. The zero-order valence-electron chi connectivity index (χ0n) is 17.7. The third kappa shape index (κ3) is 4.71. The molecule has 1 aliphatic heterocycles. The van der Waals surface area contributed by atoms with Crippen LogP contribution < -0.4 is 0 Å². The number of nitro groups is 1. The van der Waals surface area contributed by atoms with Gasteiger partial charge in [0.25, 0.3) is 5.69 Å². The Bertz CT molecular complexity index is 910. The van der Waals surface area contributed by atoms with Crippen molar-refractivity contribution in [2.45, 2.75) is 36.8 Å². The first-order chi connectivity index (χ1) is 13.9. The van der Waals surface area contributed by atoms with E-state index in [4.69, 9.17) is 13.6 Å². The summed E-state index contributed by atoms with van der Waals surface area (Å²) in [6.45, 7) is 2.50. The predicted molar refractivity (Wildman–Crippen MR) is 96.6 cm³/mol. The molecular formula is C17H22N2O7S. The number of nitro benzene ring substituents is 1.